The van der Waals surface area contributed by atoms with Crippen LogP contribution in [-0.4, -0.2) is 20.8 Å². The number of halogens is 3. The molecule has 0 radical (unpaired) electrons. The number of carbonyl (C=O) groups excluding carboxylic acids is 1. The van der Waals surface area contributed by atoms with Gasteiger partial charge in [0.2, 0.25) is 5.88 Å². The van der Waals surface area contributed by atoms with Gasteiger partial charge in [-0.1, -0.05) is 78.9 Å². The van der Waals surface area contributed by atoms with Gasteiger partial charge in [-0.3, -0.25) is 0 Å². The molecular formula is C30H20F3N3O3. The van der Waals surface area contributed by atoms with Crippen molar-refractivity contribution in [2.45, 2.75) is 12.2 Å². The van der Waals surface area contributed by atoms with Crippen LogP contribution in [-0.2, 0) is 11.0 Å². The van der Waals surface area contributed by atoms with Gasteiger partial charge in [-0.15, -0.1) is 0 Å². The average Bonchev–Trinajstić information content (AvgIpc) is 3.24. The number of nitrogens with zero attached hydrogens (tertiary/aromatic N) is 3. The molecule has 0 saturated carbocycles. The van der Waals surface area contributed by atoms with Crippen LogP contribution in [0.3, 0.4) is 0 Å². The number of carbonyl (C=O) groups is 1. The second kappa shape index (κ2) is 9.68. The van der Waals surface area contributed by atoms with Crippen molar-refractivity contribution in [3.63, 3.8) is 0 Å². The predicted octanol–water partition coefficient (Wildman–Crippen LogP) is 7.07. The zero-order valence-electron chi connectivity index (χ0n) is 20.2. The van der Waals surface area contributed by atoms with Gasteiger partial charge in [-0.25, -0.2) is 4.79 Å². The summed E-state index contributed by atoms with van der Waals surface area (Å²) in [6.45, 7) is 0. The summed E-state index contributed by atoms with van der Waals surface area (Å²) in [6.07, 6.45) is -2.35. The number of rotatable bonds is 4. The Balaban J connectivity index is 1.61. The topological polar surface area (TPSA) is 56.6 Å². The van der Waals surface area contributed by atoms with Gasteiger partial charge in [-0.2, -0.15) is 28.0 Å². The molecule has 2 heterocycles. The maximum absolute atomic E-state index is 14.6. The summed E-state index contributed by atoms with van der Waals surface area (Å²) >= 11 is 0. The Hall–Kier alpha value is -5.05. The Morgan fingerprint density at radius 3 is 2.26 bits per heavy atom. The lowest BCUT2D eigenvalue weighted by Gasteiger charge is -2.29. The Bertz CT molecular complexity index is 1680. The monoisotopic (exact) mass is 527 g/mol. The molecule has 0 N–H and O–H groups in total. The highest BCUT2D eigenvalue weighted by molar-refractivity contribution is 5.89. The molecule has 1 unspecified atom stereocenters. The van der Waals surface area contributed by atoms with Gasteiger partial charge >= 0.3 is 12.1 Å². The first-order chi connectivity index (χ1) is 18.9. The number of benzene rings is 4. The lowest BCUT2D eigenvalue weighted by Crippen LogP contribution is -2.29. The largest absolute Gasteiger partial charge is 0.445 e. The molecule has 0 spiro atoms. The lowest BCUT2D eigenvalue weighted by atomic mass is 9.93. The van der Waals surface area contributed by atoms with Crippen LogP contribution in [0.1, 0.15) is 33.2 Å². The number of para-hydroxylation sites is 1. The summed E-state index contributed by atoms with van der Waals surface area (Å²) in [5.74, 6) is -0.876. The van der Waals surface area contributed by atoms with Crippen LogP contribution >= 0.6 is 0 Å². The Morgan fingerprint density at radius 2 is 1.51 bits per heavy atom. The Labute approximate surface area is 221 Å². The van der Waals surface area contributed by atoms with Gasteiger partial charge < -0.3 is 9.57 Å². The van der Waals surface area contributed by atoms with E-state index in [4.69, 9.17) is 9.57 Å². The molecule has 0 fully saturated rings. The van der Waals surface area contributed by atoms with Crippen LogP contribution in [0.15, 0.2) is 116 Å². The van der Waals surface area contributed by atoms with E-state index in [9.17, 15) is 18.0 Å². The maximum Gasteiger partial charge on any atom is 0.435 e. The normalized spacial score (nSPS) is 14.9. The van der Waals surface area contributed by atoms with Gasteiger partial charge in [0.05, 0.1) is 23.0 Å². The molecule has 0 saturated heterocycles. The summed E-state index contributed by atoms with van der Waals surface area (Å²) in [7, 11) is 0. The number of fused-ring (bicyclic) bond motifs is 2. The molecule has 5 aromatic rings. The highest BCUT2D eigenvalue weighted by atomic mass is 19.4. The minimum absolute atomic E-state index is 0.138. The third-order valence-corrected chi connectivity index (χ3v) is 6.38. The molecule has 0 aliphatic carbocycles. The molecular weight excluding hydrogens is 507 g/mol. The SMILES string of the molecule is O=C(ON1C=COc2c(c(C(F)(F)F)nn2-c2ccccc2)C1c1cccc2ccccc12)c1ccccc1. The minimum Gasteiger partial charge on any atom is -0.445 e. The fraction of sp³-hybridized carbons (Fsp3) is 0.0667. The van der Waals surface area contributed by atoms with E-state index >= 15 is 0 Å². The third kappa shape index (κ3) is 4.48. The fourth-order valence-corrected chi connectivity index (χ4v) is 4.68. The van der Waals surface area contributed by atoms with Gasteiger partial charge in [0.15, 0.2) is 5.69 Å². The smallest absolute Gasteiger partial charge is 0.435 e. The molecule has 4 aromatic carbocycles. The number of alkyl halides is 3. The Kier molecular flexibility index (Phi) is 6.03. The summed E-state index contributed by atoms with van der Waals surface area (Å²) in [5.41, 5.74) is -0.339. The molecule has 39 heavy (non-hydrogen) atoms. The van der Waals surface area contributed by atoms with Gasteiger partial charge in [0, 0.05) is 0 Å². The first-order valence-electron chi connectivity index (χ1n) is 12.0. The molecule has 0 bridgehead atoms. The van der Waals surface area contributed by atoms with Crippen molar-refractivity contribution in [2.75, 3.05) is 0 Å². The zero-order valence-corrected chi connectivity index (χ0v) is 20.2. The van der Waals surface area contributed by atoms with Crippen molar-refractivity contribution in [2.24, 2.45) is 0 Å². The molecule has 1 atom stereocenters. The number of hydrogen-bond donors (Lipinski definition) is 0. The van der Waals surface area contributed by atoms with Crippen molar-refractivity contribution >= 4 is 16.7 Å². The molecule has 6 rings (SSSR count). The van der Waals surface area contributed by atoms with Crippen molar-refractivity contribution in [3.8, 4) is 11.6 Å². The number of hydrogen-bond acceptors (Lipinski definition) is 5. The zero-order chi connectivity index (χ0) is 27.0. The molecule has 1 aliphatic rings. The van der Waals surface area contributed by atoms with Gasteiger partial charge in [0.25, 0.3) is 0 Å². The van der Waals surface area contributed by atoms with Gasteiger partial charge in [0.1, 0.15) is 12.3 Å². The second-order valence-electron chi connectivity index (χ2n) is 8.79. The van der Waals surface area contributed by atoms with Crippen LogP contribution in [0.5, 0.6) is 5.88 Å². The van der Waals surface area contributed by atoms with E-state index in [1.807, 2.05) is 24.3 Å². The molecule has 6 nitrogen and oxygen atoms in total. The van der Waals surface area contributed by atoms with E-state index in [0.29, 0.717) is 16.6 Å². The fourth-order valence-electron chi connectivity index (χ4n) is 4.68. The highest BCUT2D eigenvalue weighted by Gasteiger charge is 2.46. The van der Waals surface area contributed by atoms with E-state index in [1.165, 1.54) is 12.5 Å². The molecule has 1 aliphatic heterocycles. The van der Waals surface area contributed by atoms with Crippen LogP contribution in [0.25, 0.3) is 16.5 Å². The van der Waals surface area contributed by atoms with E-state index in [2.05, 4.69) is 5.10 Å². The van der Waals surface area contributed by atoms with Crippen LogP contribution in [0.4, 0.5) is 13.2 Å². The first-order valence-corrected chi connectivity index (χ1v) is 12.0. The predicted molar refractivity (Wildman–Crippen MR) is 138 cm³/mol. The van der Waals surface area contributed by atoms with Crippen LogP contribution < -0.4 is 4.74 Å². The van der Waals surface area contributed by atoms with Crippen LogP contribution in [0, 0.1) is 0 Å². The van der Waals surface area contributed by atoms with Crippen molar-refractivity contribution in [1.29, 1.82) is 0 Å². The summed E-state index contributed by atoms with van der Waals surface area (Å²) in [5, 5.41) is 6.56. The van der Waals surface area contributed by atoms with E-state index in [0.717, 1.165) is 15.1 Å². The number of hydroxylamine groups is 2. The summed E-state index contributed by atoms with van der Waals surface area (Å²) < 4.78 is 50.7. The second-order valence-corrected chi connectivity index (χ2v) is 8.79. The Morgan fingerprint density at radius 1 is 0.846 bits per heavy atom. The van der Waals surface area contributed by atoms with Crippen LogP contribution in [0.2, 0.25) is 0 Å². The lowest BCUT2D eigenvalue weighted by molar-refractivity contribution is -0.144. The van der Waals surface area contributed by atoms with E-state index < -0.39 is 23.9 Å². The molecule has 9 heteroatoms. The average molecular weight is 528 g/mol. The highest BCUT2D eigenvalue weighted by Crippen LogP contribution is 2.47. The molecule has 194 valence electrons. The molecule has 0 amide bonds. The summed E-state index contributed by atoms with van der Waals surface area (Å²) in [6, 6.07) is 28.0. The van der Waals surface area contributed by atoms with Gasteiger partial charge in [-0.05, 0) is 40.6 Å². The van der Waals surface area contributed by atoms with Crippen molar-refractivity contribution < 1.29 is 27.5 Å². The van der Waals surface area contributed by atoms with E-state index in [1.54, 1.807) is 78.9 Å². The maximum atomic E-state index is 14.6. The third-order valence-electron chi connectivity index (χ3n) is 6.38. The molecule has 1 aromatic heterocycles. The number of ether oxygens (including phenoxy) is 1. The number of aromatic nitrogens is 2. The standard InChI is InChI=1S/C30H20F3N3O3/c31-30(32,33)27-25-26(24-17-9-13-20-10-7-8-16-23(20)24)35(39-29(37)21-11-3-1-4-12-21)18-19-38-28(25)36(34-27)22-14-5-2-6-15-22/h1-19,26H. The first kappa shape index (κ1) is 24.3. The quantitative estimate of drug-likeness (QED) is 0.250. The van der Waals surface area contributed by atoms with Crippen molar-refractivity contribution in [3.05, 3.63) is 138 Å². The summed E-state index contributed by atoms with van der Waals surface area (Å²) in [4.78, 5) is 18.8. The van der Waals surface area contributed by atoms with Crippen molar-refractivity contribution in [1.82, 2.24) is 14.8 Å². The van der Waals surface area contributed by atoms with E-state index in [-0.39, 0.29) is 17.0 Å². The minimum atomic E-state index is -4.84.